The molecule has 0 saturated carbocycles. The van der Waals surface area contributed by atoms with Gasteiger partial charge in [0.1, 0.15) is 0 Å². The summed E-state index contributed by atoms with van der Waals surface area (Å²) in [6.07, 6.45) is 0.0456. The van der Waals surface area contributed by atoms with E-state index in [4.69, 9.17) is 10.2 Å². The smallest absolute Gasteiger partial charge is 0.261 e. The lowest BCUT2D eigenvalue weighted by atomic mass is 10.2. The molecule has 4 heteroatoms. The zero-order valence-electron chi connectivity index (χ0n) is 14.9. The third kappa shape index (κ3) is 3.95. The molecule has 2 aromatic carbocycles. The van der Waals surface area contributed by atoms with E-state index in [1.807, 2.05) is 12.1 Å². The SMILES string of the molecule is CC(C)(C)[Si](OCCC(O)CN)(c1ccccc1)c1ccccc1. The van der Waals surface area contributed by atoms with Crippen LogP contribution >= 0.6 is 0 Å². The third-order valence-electron chi connectivity index (χ3n) is 4.46. The molecule has 1 unspecified atom stereocenters. The van der Waals surface area contributed by atoms with Gasteiger partial charge in [0, 0.05) is 13.2 Å². The van der Waals surface area contributed by atoms with Crippen LogP contribution in [-0.2, 0) is 4.43 Å². The van der Waals surface area contributed by atoms with Crippen molar-refractivity contribution in [3.8, 4) is 0 Å². The highest BCUT2D eigenvalue weighted by atomic mass is 28.4. The van der Waals surface area contributed by atoms with Crippen LogP contribution in [0.4, 0.5) is 0 Å². The molecule has 130 valence electrons. The molecule has 1 atom stereocenters. The van der Waals surface area contributed by atoms with Gasteiger partial charge in [-0.2, -0.15) is 0 Å². The number of hydrogen-bond acceptors (Lipinski definition) is 3. The predicted octanol–water partition coefficient (Wildman–Crippen LogP) is 2.27. The van der Waals surface area contributed by atoms with Crippen molar-refractivity contribution in [2.24, 2.45) is 5.73 Å². The Bertz CT molecular complexity index is 571. The van der Waals surface area contributed by atoms with Crippen LogP contribution in [0.3, 0.4) is 0 Å². The summed E-state index contributed by atoms with van der Waals surface area (Å²) in [5, 5.41) is 12.3. The molecular formula is C20H29NO2Si. The van der Waals surface area contributed by atoms with E-state index in [2.05, 4.69) is 69.3 Å². The highest BCUT2D eigenvalue weighted by molar-refractivity contribution is 6.99. The Labute approximate surface area is 146 Å². The van der Waals surface area contributed by atoms with Crippen LogP contribution in [0.5, 0.6) is 0 Å². The maximum absolute atomic E-state index is 9.81. The van der Waals surface area contributed by atoms with Gasteiger partial charge in [-0.25, -0.2) is 0 Å². The zero-order valence-corrected chi connectivity index (χ0v) is 15.9. The Morgan fingerprint density at radius 2 is 1.42 bits per heavy atom. The molecule has 0 fully saturated rings. The number of nitrogens with two attached hydrogens (primary N) is 1. The van der Waals surface area contributed by atoms with Crippen molar-refractivity contribution in [1.82, 2.24) is 0 Å². The third-order valence-corrected chi connectivity index (χ3v) is 9.50. The van der Waals surface area contributed by atoms with Crippen LogP contribution in [0.25, 0.3) is 0 Å². The Morgan fingerprint density at radius 3 is 1.79 bits per heavy atom. The van der Waals surface area contributed by atoms with E-state index in [-0.39, 0.29) is 11.6 Å². The molecule has 0 aliphatic carbocycles. The van der Waals surface area contributed by atoms with E-state index in [9.17, 15) is 5.11 Å². The molecule has 3 N–H and O–H groups in total. The Hall–Kier alpha value is -1.46. The second kappa shape index (κ2) is 8.08. The molecule has 0 bridgehead atoms. The van der Waals surface area contributed by atoms with Crippen molar-refractivity contribution in [3.63, 3.8) is 0 Å². The van der Waals surface area contributed by atoms with Crippen molar-refractivity contribution in [2.45, 2.75) is 38.3 Å². The van der Waals surface area contributed by atoms with Gasteiger partial charge in [0.25, 0.3) is 8.32 Å². The molecule has 24 heavy (non-hydrogen) atoms. The monoisotopic (exact) mass is 343 g/mol. The lowest BCUT2D eigenvalue weighted by Crippen LogP contribution is -2.66. The fourth-order valence-corrected chi connectivity index (χ4v) is 7.81. The van der Waals surface area contributed by atoms with Gasteiger partial charge in [-0.3, -0.25) is 0 Å². The van der Waals surface area contributed by atoms with Crippen LogP contribution in [-0.4, -0.2) is 32.7 Å². The van der Waals surface area contributed by atoms with Crippen LogP contribution in [0.15, 0.2) is 60.7 Å². The molecule has 2 aromatic rings. The Balaban J connectivity index is 2.49. The molecule has 2 rings (SSSR count). The van der Waals surface area contributed by atoms with Gasteiger partial charge in [-0.05, 0) is 21.8 Å². The van der Waals surface area contributed by atoms with Gasteiger partial charge < -0.3 is 15.3 Å². The van der Waals surface area contributed by atoms with Crippen LogP contribution in [0, 0.1) is 0 Å². The molecule has 0 heterocycles. The molecular weight excluding hydrogens is 314 g/mol. The summed E-state index contributed by atoms with van der Waals surface area (Å²) >= 11 is 0. The molecule has 0 spiro atoms. The summed E-state index contributed by atoms with van der Waals surface area (Å²) in [6, 6.07) is 21.0. The summed E-state index contributed by atoms with van der Waals surface area (Å²) in [4.78, 5) is 0. The van der Waals surface area contributed by atoms with Crippen molar-refractivity contribution in [3.05, 3.63) is 60.7 Å². The summed E-state index contributed by atoms with van der Waals surface area (Å²) in [7, 11) is -2.48. The molecule has 3 nitrogen and oxygen atoms in total. The average molecular weight is 344 g/mol. The van der Waals surface area contributed by atoms with Crippen molar-refractivity contribution in [2.75, 3.05) is 13.2 Å². The maximum atomic E-state index is 9.81. The van der Waals surface area contributed by atoms with E-state index in [1.54, 1.807) is 0 Å². The first-order valence-corrected chi connectivity index (χ1v) is 10.5. The fraction of sp³-hybridized carbons (Fsp3) is 0.400. The minimum absolute atomic E-state index is 0.0383. The first kappa shape index (κ1) is 18.9. The van der Waals surface area contributed by atoms with E-state index in [1.165, 1.54) is 10.4 Å². The number of hydrogen-bond donors (Lipinski definition) is 2. The second-order valence-electron chi connectivity index (χ2n) is 7.19. The lowest BCUT2D eigenvalue weighted by Gasteiger charge is -2.43. The highest BCUT2D eigenvalue weighted by Crippen LogP contribution is 2.36. The standard InChI is InChI=1S/C20H29NO2Si/c1-20(2,3)24(18-10-6-4-7-11-18,19-12-8-5-9-13-19)23-15-14-17(22)16-21/h4-13,17,22H,14-16,21H2,1-3H3. The number of aliphatic hydroxyl groups excluding tert-OH is 1. The normalized spacial score (nSPS) is 13.7. The van der Waals surface area contributed by atoms with E-state index in [0.29, 0.717) is 13.0 Å². The van der Waals surface area contributed by atoms with Gasteiger partial charge in [0.05, 0.1) is 6.10 Å². The van der Waals surface area contributed by atoms with Gasteiger partial charge in [-0.15, -0.1) is 0 Å². The fourth-order valence-electron chi connectivity index (χ4n) is 3.23. The molecule has 0 aliphatic heterocycles. The van der Waals surface area contributed by atoms with Crippen molar-refractivity contribution in [1.29, 1.82) is 0 Å². The number of rotatable bonds is 7. The minimum Gasteiger partial charge on any atom is -0.407 e. The second-order valence-corrected chi connectivity index (χ2v) is 11.5. The Kier molecular flexibility index (Phi) is 6.35. The quantitative estimate of drug-likeness (QED) is 0.758. The summed E-state index contributed by atoms with van der Waals surface area (Å²) in [5.74, 6) is 0. The molecule has 0 aliphatic rings. The Morgan fingerprint density at radius 1 is 0.958 bits per heavy atom. The van der Waals surface area contributed by atoms with E-state index in [0.717, 1.165) is 0 Å². The van der Waals surface area contributed by atoms with Crippen LogP contribution < -0.4 is 16.1 Å². The highest BCUT2D eigenvalue weighted by Gasteiger charge is 2.49. The number of benzene rings is 2. The lowest BCUT2D eigenvalue weighted by molar-refractivity contribution is 0.143. The van der Waals surface area contributed by atoms with Crippen LogP contribution in [0.1, 0.15) is 27.2 Å². The minimum atomic E-state index is -2.48. The maximum Gasteiger partial charge on any atom is 0.261 e. The van der Waals surface area contributed by atoms with Crippen molar-refractivity contribution >= 4 is 18.7 Å². The van der Waals surface area contributed by atoms with Gasteiger partial charge in [-0.1, -0.05) is 81.4 Å². The van der Waals surface area contributed by atoms with Gasteiger partial charge >= 0.3 is 0 Å². The summed E-state index contributed by atoms with van der Waals surface area (Å²) < 4.78 is 6.66. The van der Waals surface area contributed by atoms with Crippen LogP contribution in [0.2, 0.25) is 5.04 Å². The van der Waals surface area contributed by atoms with E-state index >= 15 is 0 Å². The number of aliphatic hydroxyl groups is 1. The first-order valence-electron chi connectivity index (χ1n) is 8.55. The first-order chi connectivity index (χ1) is 11.4. The van der Waals surface area contributed by atoms with Gasteiger partial charge in [0.15, 0.2) is 0 Å². The van der Waals surface area contributed by atoms with E-state index < -0.39 is 14.4 Å². The zero-order chi connectivity index (χ0) is 17.6. The summed E-state index contributed by atoms with van der Waals surface area (Å²) in [6.45, 7) is 7.52. The largest absolute Gasteiger partial charge is 0.407 e. The van der Waals surface area contributed by atoms with Gasteiger partial charge in [0.2, 0.25) is 0 Å². The molecule has 0 saturated heterocycles. The van der Waals surface area contributed by atoms with Crippen molar-refractivity contribution < 1.29 is 9.53 Å². The predicted molar refractivity (Wildman–Crippen MR) is 103 cm³/mol. The average Bonchev–Trinajstić information content (AvgIpc) is 2.59. The topological polar surface area (TPSA) is 55.5 Å². The summed E-state index contributed by atoms with van der Waals surface area (Å²) in [5.41, 5.74) is 5.54. The molecule has 0 radical (unpaired) electrons. The molecule has 0 amide bonds. The molecule has 0 aromatic heterocycles.